The fraction of sp³-hybridized carbons (Fsp3) is 0.611. The van der Waals surface area contributed by atoms with Gasteiger partial charge in [-0.05, 0) is 37.5 Å². The predicted molar refractivity (Wildman–Crippen MR) is 91.5 cm³/mol. The summed E-state index contributed by atoms with van der Waals surface area (Å²) in [6.45, 7) is 2.55. The van der Waals surface area contributed by atoms with Crippen LogP contribution in [0, 0.1) is 5.92 Å². The molecule has 0 saturated heterocycles. The molecule has 0 radical (unpaired) electrons. The maximum Gasteiger partial charge on any atom is 0.321 e. The number of anilines is 1. The van der Waals surface area contributed by atoms with Crippen LogP contribution in [0.5, 0.6) is 0 Å². The van der Waals surface area contributed by atoms with Crippen molar-refractivity contribution < 1.29 is 14.6 Å². The third kappa shape index (κ3) is 4.94. The number of hydrogen-bond donors (Lipinski definition) is 2. The van der Waals surface area contributed by atoms with Crippen LogP contribution in [0.4, 0.5) is 10.5 Å². The van der Waals surface area contributed by atoms with Gasteiger partial charge in [0.05, 0.1) is 12.2 Å². The number of hydrogen-bond acceptors (Lipinski definition) is 3. The molecule has 3 unspecified atom stereocenters. The number of amides is 2. The van der Waals surface area contributed by atoms with Gasteiger partial charge in [0.25, 0.3) is 0 Å². The van der Waals surface area contributed by atoms with Crippen molar-refractivity contribution in [2.75, 3.05) is 26.0 Å². The monoisotopic (exact) mass is 320 g/mol. The molecule has 1 saturated carbocycles. The van der Waals surface area contributed by atoms with E-state index in [-0.39, 0.29) is 24.2 Å². The molecular weight excluding hydrogens is 292 g/mol. The molecule has 128 valence electrons. The van der Waals surface area contributed by atoms with E-state index in [9.17, 15) is 9.90 Å². The minimum absolute atomic E-state index is 0.0121. The fourth-order valence-electron chi connectivity index (χ4n) is 3.06. The summed E-state index contributed by atoms with van der Waals surface area (Å²) >= 11 is 0. The number of carbonyl (C=O) groups excluding carboxylic acids is 1. The second kappa shape index (κ2) is 8.31. The maximum atomic E-state index is 12.3. The van der Waals surface area contributed by atoms with Gasteiger partial charge in [0.1, 0.15) is 0 Å². The lowest BCUT2D eigenvalue weighted by atomic mass is 9.86. The topological polar surface area (TPSA) is 61.8 Å². The van der Waals surface area contributed by atoms with E-state index >= 15 is 0 Å². The Balaban J connectivity index is 1.92. The van der Waals surface area contributed by atoms with Crippen LogP contribution < -0.4 is 5.32 Å². The number of nitrogens with zero attached hydrogens (tertiary/aromatic N) is 1. The van der Waals surface area contributed by atoms with Crippen molar-refractivity contribution in [3.63, 3.8) is 0 Å². The zero-order valence-electron chi connectivity index (χ0n) is 14.3. The molecule has 0 aliphatic heterocycles. The second-order valence-corrected chi connectivity index (χ2v) is 6.43. The highest BCUT2D eigenvalue weighted by Crippen LogP contribution is 2.25. The van der Waals surface area contributed by atoms with Crippen LogP contribution in [0.15, 0.2) is 24.3 Å². The molecule has 1 aromatic rings. The van der Waals surface area contributed by atoms with Gasteiger partial charge in [0, 0.05) is 32.3 Å². The third-order valence-electron chi connectivity index (χ3n) is 4.68. The summed E-state index contributed by atoms with van der Waals surface area (Å²) in [7, 11) is 3.44. The average molecular weight is 320 g/mol. The summed E-state index contributed by atoms with van der Waals surface area (Å²) in [5.74, 6) is 0.180. The van der Waals surface area contributed by atoms with E-state index in [1.54, 1.807) is 19.1 Å². The number of aliphatic hydroxyl groups is 1. The molecule has 2 amide bonds. The van der Waals surface area contributed by atoms with E-state index in [0.29, 0.717) is 6.54 Å². The predicted octanol–water partition coefficient (Wildman–Crippen LogP) is 3.41. The Bertz CT molecular complexity index is 521. The number of aliphatic hydroxyl groups excluding tert-OH is 1. The first-order chi connectivity index (χ1) is 11.0. The first-order valence-corrected chi connectivity index (χ1v) is 8.34. The van der Waals surface area contributed by atoms with Gasteiger partial charge >= 0.3 is 6.03 Å². The molecule has 0 aromatic heterocycles. The van der Waals surface area contributed by atoms with Gasteiger partial charge in [-0.15, -0.1) is 0 Å². The van der Waals surface area contributed by atoms with E-state index in [1.807, 2.05) is 31.2 Å². The van der Waals surface area contributed by atoms with Crippen LogP contribution in [-0.2, 0) is 4.74 Å². The van der Waals surface area contributed by atoms with Crippen LogP contribution in [-0.4, -0.2) is 42.8 Å². The molecular formula is C18H28N2O3. The molecule has 2 N–H and O–H groups in total. The molecule has 1 aliphatic carbocycles. The van der Waals surface area contributed by atoms with Gasteiger partial charge < -0.3 is 20.1 Å². The number of benzene rings is 1. The molecule has 5 heteroatoms. The SMILES string of the molecule is COC(C)c1cccc(NC(=O)N(C)CC2CCCCC2O)c1. The zero-order valence-corrected chi connectivity index (χ0v) is 14.3. The van der Waals surface area contributed by atoms with Gasteiger partial charge in [-0.2, -0.15) is 0 Å². The minimum atomic E-state index is -0.287. The summed E-state index contributed by atoms with van der Waals surface area (Å²) in [4.78, 5) is 14.0. The Morgan fingerprint density at radius 1 is 1.43 bits per heavy atom. The Morgan fingerprint density at radius 3 is 2.87 bits per heavy atom. The van der Waals surface area contributed by atoms with E-state index in [4.69, 9.17) is 4.74 Å². The summed E-state index contributed by atoms with van der Waals surface area (Å²) in [6.07, 6.45) is 3.75. The number of carbonyl (C=O) groups is 1. The molecule has 2 rings (SSSR count). The zero-order chi connectivity index (χ0) is 16.8. The normalized spacial score (nSPS) is 22.4. The van der Waals surface area contributed by atoms with Gasteiger partial charge in [0.2, 0.25) is 0 Å². The quantitative estimate of drug-likeness (QED) is 0.874. The molecule has 3 atom stereocenters. The minimum Gasteiger partial charge on any atom is -0.393 e. The first kappa shape index (κ1) is 17.8. The first-order valence-electron chi connectivity index (χ1n) is 8.34. The van der Waals surface area contributed by atoms with E-state index < -0.39 is 0 Å². The molecule has 0 spiro atoms. The molecule has 0 bridgehead atoms. The number of methoxy groups -OCH3 is 1. The molecule has 23 heavy (non-hydrogen) atoms. The van der Waals surface area contributed by atoms with Crippen molar-refractivity contribution in [2.45, 2.75) is 44.8 Å². The number of ether oxygens (including phenoxy) is 1. The van der Waals surface area contributed by atoms with Crippen molar-refractivity contribution in [3.8, 4) is 0 Å². The Morgan fingerprint density at radius 2 is 2.17 bits per heavy atom. The van der Waals surface area contributed by atoms with Crippen molar-refractivity contribution >= 4 is 11.7 Å². The summed E-state index contributed by atoms with van der Waals surface area (Å²) in [5.41, 5.74) is 1.78. The highest BCUT2D eigenvalue weighted by atomic mass is 16.5. The highest BCUT2D eigenvalue weighted by molar-refractivity contribution is 5.89. The summed E-state index contributed by atoms with van der Waals surface area (Å²) in [5, 5.41) is 13.0. The molecule has 1 fully saturated rings. The van der Waals surface area contributed by atoms with Crippen molar-refractivity contribution in [3.05, 3.63) is 29.8 Å². The Hall–Kier alpha value is -1.59. The van der Waals surface area contributed by atoms with Gasteiger partial charge in [-0.1, -0.05) is 25.0 Å². The highest BCUT2D eigenvalue weighted by Gasteiger charge is 2.25. The molecule has 1 aromatic carbocycles. The number of urea groups is 1. The second-order valence-electron chi connectivity index (χ2n) is 6.43. The van der Waals surface area contributed by atoms with E-state index in [0.717, 1.165) is 36.9 Å². The Kier molecular flexibility index (Phi) is 6.42. The lowest BCUT2D eigenvalue weighted by molar-refractivity contribution is 0.0575. The standard InChI is InChI=1S/C18H28N2O3/c1-13(23-3)14-8-6-9-16(11-14)19-18(22)20(2)12-15-7-4-5-10-17(15)21/h6,8-9,11,13,15,17,21H,4-5,7,10,12H2,1-3H3,(H,19,22). The van der Waals surface area contributed by atoms with Crippen LogP contribution in [0.3, 0.4) is 0 Å². The van der Waals surface area contributed by atoms with E-state index in [1.165, 1.54) is 0 Å². The number of nitrogens with one attached hydrogen (secondary N) is 1. The van der Waals surface area contributed by atoms with Gasteiger partial charge in [-0.3, -0.25) is 0 Å². The van der Waals surface area contributed by atoms with Crippen molar-refractivity contribution in [1.82, 2.24) is 4.90 Å². The van der Waals surface area contributed by atoms with Crippen LogP contribution in [0.25, 0.3) is 0 Å². The number of rotatable bonds is 5. The smallest absolute Gasteiger partial charge is 0.321 e. The fourth-order valence-corrected chi connectivity index (χ4v) is 3.06. The average Bonchev–Trinajstić information content (AvgIpc) is 2.56. The van der Waals surface area contributed by atoms with Crippen molar-refractivity contribution in [1.29, 1.82) is 0 Å². The van der Waals surface area contributed by atoms with Gasteiger partial charge in [-0.25, -0.2) is 4.79 Å². The third-order valence-corrected chi connectivity index (χ3v) is 4.68. The Labute approximate surface area is 138 Å². The molecule has 5 nitrogen and oxygen atoms in total. The van der Waals surface area contributed by atoms with Crippen LogP contribution >= 0.6 is 0 Å². The van der Waals surface area contributed by atoms with Crippen LogP contribution in [0.2, 0.25) is 0 Å². The lowest BCUT2D eigenvalue weighted by Crippen LogP contribution is -2.40. The van der Waals surface area contributed by atoms with Crippen molar-refractivity contribution in [2.24, 2.45) is 5.92 Å². The molecule has 0 heterocycles. The van der Waals surface area contributed by atoms with Crippen LogP contribution in [0.1, 0.15) is 44.3 Å². The largest absolute Gasteiger partial charge is 0.393 e. The summed E-state index contributed by atoms with van der Waals surface area (Å²) in [6, 6.07) is 7.53. The summed E-state index contributed by atoms with van der Waals surface area (Å²) < 4.78 is 5.31. The lowest BCUT2D eigenvalue weighted by Gasteiger charge is -2.31. The molecule has 1 aliphatic rings. The van der Waals surface area contributed by atoms with Gasteiger partial charge in [0.15, 0.2) is 0 Å². The maximum absolute atomic E-state index is 12.3. The van der Waals surface area contributed by atoms with E-state index in [2.05, 4.69) is 5.32 Å².